The van der Waals surface area contributed by atoms with Crippen LogP contribution in [0.25, 0.3) is 21.8 Å². The number of anilines is 1. The topological polar surface area (TPSA) is 102 Å². The number of aromatic nitrogens is 1. The van der Waals surface area contributed by atoms with Crippen molar-refractivity contribution in [3.05, 3.63) is 83.0 Å². The molecule has 182 valence electrons. The Kier molecular flexibility index (Phi) is 7.61. The zero-order valence-corrected chi connectivity index (χ0v) is 19.8. The summed E-state index contributed by atoms with van der Waals surface area (Å²) in [6.07, 6.45) is 0.127. The molecule has 1 aromatic heterocycles. The number of rotatable bonds is 9. The molecule has 0 aliphatic heterocycles. The molecule has 0 unspecified atom stereocenters. The molecule has 0 aliphatic carbocycles. The third-order valence-electron chi connectivity index (χ3n) is 5.73. The largest absolute Gasteiger partial charge is 0.494 e. The van der Waals surface area contributed by atoms with E-state index < -0.39 is 18.5 Å². The lowest BCUT2D eigenvalue weighted by Crippen LogP contribution is -2.36. The van der Waals surface area contributed by atoms with Crippen LogP contribution in [0.1, 0.15) is 13.3 Å². The number of para-hydroxylation sites is 2. The van der Waals surface area contributed by atoms with Gasteiger partial charge in [0.2, 0.25) is 0 Å². The number of nitriles is 1. The number of fused-ring (bicyclic) bond motifs is 2. The summed E-state index contributed by atoms with van der Waals surface area (Å²) < 4.78 is 12.5. The molecule has 4 rings (SSSR count). The fourth-order valence-electron chi connectivity index (χ4n) is 4.09. The molecular weight excluding hydrogens is 458 g/mol. The van der Waals surface area contributed by atoms with Gasteiger partial charge in [0.25, 0.3) is 5.91 Å². The zero-order chi connectivity index (χ0) is 25.5. The van der Waals surface area contributed by atoms with Crippen LogP contribution in [0.4, 0.5) is 5.69 Å². The van der Waals surface area contributed by atoms with Crippen molar-refractivity contribution in [2.75, 3.05) is 24.7 Å². The monoisotopic (exact) mass is 483 g/mol. The van der Waals surface area contributed by atoms with E-state index in [1.807, 2.05) is 13.0 Å². The Hall–Kier alpha value is -4.64. The van der Waals surface area contributed by atoms with E-state index in [1.54, 1.807) is 77.4 Å². The molecule has 4 aromatic rings. The van der Waals surface area contributed by atoms with E-state index in [1.165, 1.54) is 4.90 Å². The smallest absolute Gasteiger partial charge is 0.326 e. The lowest BCUT2D eigenvalue weighted by Gasteiger charge is -2.22. The van der Waals surface area contributed by atoms with Crippen LogP contribution in [-0.4, -0.2) is 36.2 Å². The molecule has 0 bridgehead atoms. The number of hydrogen-bond donors (Lipinski definition) is 0. The van der Waals surface area contributed by atoms with Gasteiger partial charge in [-0.1, -0.05) is 24.3 Å². The minimum absolute atomic E-state index is 0.107. The minimum Gasteiger partial charge on any atom is -0.494 e. The molecule has 8 heteroatoms. The predicted octanol–water partition coefficient (Wildman–Crippen LogP) is 4.04. The summed E-state index contributed by atoms with van der Waals surface area (Å²) in [5.74, 6) is -0.396. The molecule has 0 saturated carbocycles. The van der Waals surface area contributed by atoms with Gasteiger partial charge in [-0.3, -0.25) is 14.4 Å². The van der Waals surface area contributed by atoms with Crippen LogP contribution < -0.4 is 15.1 Å². The first-order valence-corrected chi connectivity index (χ1v) is 11.6. The molecule has 0 fully saturated rings. The summed E-state index contributed by atoms with van der Waals surface area (Å²) in [5.41, 5.74) is 1.68. The summed E-state index contributed by atoms with van der Waals surface area (Å²) in [6.45, 7) is 1.91. The SMILES string of the molecule is CCOc1ccc(N(CCC#N)C(=O)COC(=O)Cn2c3ccccc3c(=O)c3ccccc32)cc1. The number of carbonyl (C=O) groups excluding carboxylic acids is 2. The number of benzene rings is 3. The number of pyridine rings is 1. The Balaban J connectivity index is 1.52. The summed E-state index contributed by atoms with van der Waals surface area (Å²) >= 11 is 0. The number of hydrogen-bond acceptors (Lipinski definition) is 6. The Labute approximate surface area is 207 Å². The van der Waals surface area contributed by atoms with Crippen molar-refractivity contribution in [2.45, 2.75) is 19.9 Å². The van der Waals surface area contributed by atoms with Gasteiger partial charge in [-0.2, -0.15) is 5.26 Å². The molecule has 3 aromatic carbocycles. The lowest BCUT2D eigenvalue weighted by atomic mass is 10.1. The molecule has 1 heterocycles. The Morgan fingerprint density at radius 1 is 0.944 bits per heavy atom. The number of carbonyl (C=O) groups is 2. The van der Waals surface area contributed by atoms with Crippen molar-refractivity contribution in [1.82, 2.24) is 4.57 Å². The fraction of sp³-hybridized carbons (Fsp3) is 0.214. The van der Waals surface area contributed by atoms with Crippen LogP contribution in [0, 0.1) is 11.3 Å². The number of ether oxygens (including phenoxy) is 2. The van der Waals surface area contributed by atoms with Gasteiger partial charge < -0.3 is 18.9 Å². The highest BCUT2D eigenvalue weighted by molar-refractivity contribution is 5.96. The Morgan fingerprint density at radius 2 is 1.56 bits per heavy atom. The van der Waals surface area contributed by atoms with E-state index in [2.05, 4.69) is 0 Å². The number of amides is 1. The number of nitrogens with zero attached hydrogens (tertiary/aromatic N) is 3. The molecule has 0 spiro atoms. The van der Waals surface area contributed by atoms with Crippen LogP contribution in [0.15, 0.2) is 77.6 Å². The quantitative estimate of drug-likeness (QED) is 0.263. The molecule has 1 amide bonds. The van der Waals surface area contributed by atoms with Gasteiger partial charge >= 0.3 is 5.97 Å². The standard InChI is InChI=1S/C28H25N3O5/c1-2-35-21-14-12-20(13-15-21)30(17-7-16-29)26(32)19-36-27(33)18-31-24-10-5-3-8-22(24)28(34)23-9-4-6-11-25(23)31/h3-6,8-15H,2,7,17-19H2,1H3. The van der Waals surface area contributed by atoms with Crippen molar-refractivity contribution in [2.24, 2.45) is 0 Å². The molecule has 0 aliphatic rings. The van der Waals surface area contributed by atoms with Crippen molar-refractivity contribution < 1.29 is 19.1 Å². The maximum Gasteiger partial charge on any atom is 0.326 e. The van der Waals surface area contributed by atoms with Crippen LogP contribution in [0.2, 0.25) is 0 Å². The third kappa shape index (κ3) is 5.20. The highest BCUT2D eigenvalue weighted by Gasteiger charge is 2.19. The summed E-state index contributed by atoms with van der Waals surface area (Å²) in [6, 6.07) is 23.1. The molecule has 0 N–H and O–H groups in total. The van der Waals surface area contributed by atoms with Crippen molar-refractivity contribution >= 4 is 39.4 Å². The molecule has 8 nitrogen and oxygen atoms in total. The van der Waals surface area contributed by atoms with Crippen LogP contribution >= 0.6 is 0 Å². The van der Waals surface area contributed by atoms with Gasteiger partial charge in [0.15, 0.2) is 12.0 Å². The van der Waals surface area contributed by atoms with E-state index in [-0.39, 0.29) is 24.9 Å². The van der Waals surface area contributed by atoms with Crippen LogP contribution in [-0.2, 0) is 20.9 Å². The van der Waals surface area contributed by atoms with Crippen molar-refractivity contribution in [3.8, 4) is 11.8 Å². The van der Waals surface area contributed by atoms with Crippen molar-refractivity contribution in [3.63, 3.8) is 0 Å². The average molecular weight is 484 g/mol. The first-order chi connectivity index (χ1) is 17.5. The van der Waals surface area contributed by atoms with E-state index in [4.69, 9.17) is 14.7 Å². The summed E-state index contributed by atoms with van der Waals surface area (Å²) in [5, 5.41) is 10.0. The second-order valence-corrected chi connectivity index (χ2v) is 7.99. The second kappa shape index (κ2) is 11.2. The van der Waals surface area contributed by atoms with Crippen LogP contribution in [0.3, 0.4) is 0 Å². The molecule has 36 heavy (non-hydrogen) atoms. The predicted molar refractivity (Wildman–Crippen MR) is 137 cm³/mol. The van der Waals surface area contributed by atoms with Crippen molar-refractivity contribution in [1.29, 1.82) is 5.26 Å². The van der Waals surface area contributed by atoms with Gasteiger partial charge in [-0.05, 0) is 55.5 Å². The molecule has 0 atom stereocenters. The lowest BCUT2D eigenvalue weighted by molar-refractivity contribution is -0.148. The fourth-order valence-corrected chi connectivity index (χ4v) is 4.09. The third-order valence-corrected chi connectivity index (χ3v) is 5.73. The second-order valence-electron chi connectivity index (χ2n) is 7.99. The Morgan fingerprint density at radius 3 is 2.14 bits per heavy atom. The highest BCUT2D eigenvalue weighted by Crippen LogP contribution is 2.21. The van der Waals surface area contributed by atoms with Gasteiger partial charge in [-0.15, -0.1) is 0 Å². The first kappa shape index (κ1) is 24.5. The number of esters is 1. The maximum atomic E-state index is 12.9. The zero-order valence-electron chi connectivity index (χ0n) is 19.8. The highest BCUT2D eigenvalue weighted by atomic mass is 16.5. The minimum atomic E-state index is -0.616. The Bertz CT molecular complexity index is 1440. The normalized spacial score (nSPS) is 10.7. The van der Waals surface area contributed by atoms with Gasteiger partial charge in [-0.25, -0.2) is 0 Å². The van der Waals surface area contributed by atoms with E-state index in [0.717, 1.165) is 0 Å². The van der Waals surface area contributed by atoms with Gasteiger partial charge in [0.05, 0.1) is 30.1 Å². The van der Waals surface area contributed by atoms with E-state index >= 15 is 0 Å². The van der Waals surface area contributed by atoms with Gasteiger partial charge in [0, 0.05) is 23.0 Å². The summed E-state index contributed by atoms with van der Waals surface area (Å²) in [7, 11) is 0. The van der Waals surface area contributed by atoms with Gasteiger partial charge in [0.1, 0.15) is 12.3 Å². The van der Waals surface area contributed by atoms with E-state index in [9.17, 15) is 14.4 Å². The average Bonchev–Trinajstić information content (AvgIpc) is 2.91. The molecule has 0 saturated heterocycles. The molecular formula is C28H25N3O5. The molecule has 0 radical (unpaired) electrons. The summed E-state index contributed by atoms with van der Waals surface area (Å²) in [4.78, 5) is 40.1. The first-order valence-electron chi connectivity index (χ1n) is 11.6. The van der Waals surface area contributed by atoms with Crippen LogP contribution in [0.5, 0.6) is 5.75 Å². The maximum absolute atomic E-state index is 12.9. The van der Waals surface area contributed by atoms with E-state index in [0.29, 0.717) is 39.8 Å².